The Hall–Kier alpha value is -2.38. The number of nitrogens with zero attached hydrogens (tertiary/aromatic N) is 4. The molecule has 2 aromatic rings. The van der Waals surface area contributed by atoms with Crippen LogP contribution in [0.4, 0.5) is 5.82 Å². The molecule has 1 amide bonds. The number of hydrogen-bond acceptors (Lipinski definition) is 5. The van der Waals surface area contributed by atoms with Crippen LogP contribution in [0.2, 0.25) is 0 Å². The number of morpholine rings is 1. The van der Waals surface area contributed by atoms with Crippen molar-refractivity contribution in [3.05, 3.63) is 42.9 Å². The second-order valence-electron chi connectivity index (χ2n) is 7.82. The third-order valence-corrected chi connectivity index (χ3v) is 5.88. The van der Waals surface area contributed by atoms with Gasteiger partial charge in [-0.3, -0.25) is 9.69 Å². The number of amides is 1. The molecule has 0 radical (unpaired) electrons. The van der Waals surface area contributed by atoms with Gasteiger partial charge in [0.2, 0.25) is 5.91 Å². The highest BCUT2D eigenvalue weighted by molar-refractivity contribution is 5.78. The van der Waals surface area contributed by atoms with Gasteiger partial charge in [0.25, 0.3) is 0 Å². The zero-order chi connectivity index (χ0) is 19.9. The fraction of sp³-hybridized carbons (Fsp3) is 0.545. The summed E-state index contributed by atoms with van der Waals surface area (Å²) in [5.41, 5.74) is 1.06. The summed E-state index contributed by atoms with van der Waals surface area (Å²) >= 11 is 0. The minimum atomic E-state index is 0.119. The molecule has 0 atom stereocenters. The first-order valence-corrected chi connectivity index (χ1v) is 10.7. The predicted molar refractivity (Wildman–Crippen MR) is 113 cm³/mol. The average Bonchev–Trinajstić information content (AvgIpc) is 3.33. The summed E-state index contributed by atoms with van der Waals surface area (Å²) in [4.78, 5) is 21.8. The van der Waals surface area contributed by atoms with Crippen molar-refractivity contribution < 1.29 is 9.53 Å². The SMILES string of the molecule is O=C(NCCCN1CCOCC1)C1CCN(c2ccc(-n3cccc3)cn2)CC1. The molecule has 7 heteroatoms. The minimum Gasteiger partial charge on any atom is -0.379 e. The van der Waals surface area contributed by atoms with Crippen molar-refractivity contribution in [2.75, 3.05) is 57.4 Å². The van der Waals surface area contributed by atoms with E-state index in [0.717, 1.165) is 83.3 Å². The summed E-state index contributed by atoms with van der Waals surface area (Å²) in [6.45, 7) is 7.22. The van der Waals surface area contributed by atoms with E-state index in [0.29, 0.717) is 0 Å². The molecule has 4 rings (SSSR count). The maximum Gasteiger partial charge on any atom is 0.223 e. The molecule has 0 aromatic carbocycles. The molecule has 2 aromatic heterocycles. The van der Waals surface area contributed by atoms with Crippen molar-refractivity contribution >= 4 is 11.7 Å². The van der Waals surface area contributed by atoms with Crippen LogP contribution in [-0.2, 0) is 9.53 Å². The first-order valence-electron chi connectivity index (χ1n) is 10.7. The van der Waals surface area contributed by atoms with Crippen molar-refractivity contribution in [1.29, 1.82) is 0 Å². The molecule has 0 bridgehead atoms. The Balaban J connectivity index is 1.17. The Labute approximate surface area is 172 Å². The van der Waals surface area contributed by atoms with E-state index in [2.05, 4.69) is 32.2 Å². The van der Waals surface area contributed by atoms with Gasteiger partial charge in [0, 0.05) is 51.0 Å². The highest BCUT2D eigenvalue weighted by Crippen LogP contribution is 2.22. The number of rotatable bonds is 7. The quantitative estimate of drug-likeness (QED) is 0.724. The Morgan fingerprint density at radius 3 is 2.55 bits per heavy atom. The van der Waals surface area contributed by atoms with Crippen LogP contribution in [0.5, 0.6) is 0 Å². The van der Waals surface area contributed by atoms with Crippen LogP contribution in [0, 0.1) is 5.92 Å². The summed E-state index contributed by atoms with van der Waals surface area (Å²) in [6.07, 6.45) is 8.71. The molecular formula is C22H31N5O2. The highest BCUT2D eigenvalue weighted by Gasteiger charge is 2.25. The number of aromatic nitrogens is 2. The lowest BCUT2D eigenvalue weighted by molar-refractivity contribution is -0.125. The van der Waals surface area contributed by atoms with Gasteiger partial charge in [0.1, 0.15) is 5.82 Å². The van der Waals surface area contributed by atoms with Gasteiger partial charge in [-0.1, -0.05) is 0 Å². The van der Waals surface area contributed by atoms with E-state index in [1.807, 2.05) is 35.3 Å². The fourth-order valence-corrected chi connectivity index (χ4v) is 4.08. The van der Waals surface area contributed by atoms with Gasteiger partial charge in [-0.25, -0.2) is 4.98 Å². The van der Waals surface area contributed by atoms with Gasteiger partial charge in [-0.2, -0.15) is 0 Å². The molecule has 7 nitrogen and oxygen atoms in total. The number of anilines is 1. The summed E-state index contributed by atoms with van der Waals surface area (Å²) in [7, 11) is 0. The number of carbonyl (C=O) groups is 1. The summed E-state index contributed by atoms with van der Waals surface area (Å²) < 4.78 is 7.41. The zero-order valence-corrected chi connectivity index (χ0v) is 17.0. The number of hydrogen-bond donors (Lipinski definition) is 1. The predicted octanol–water partition coefficient (Wildman–Crippen LogP) is 1.93. The molecule has 1 N–H and O–H groups in total. The molecule has 2 saturated heterocycles. The minimum absolute atomic E-state index is 0.119. The van der Waals surface area contributed by atoms with Crippen LogP contribution < -0.4 is 10.2 Å². The van der Waals surface area contributed by atoms with E-state index in [1.54, 1.807) is 0 Å². The molecule has 29 heavy (non-hydrogen) atoms. The molecule has 4 heterocycles. The van der Waals surface area contributed by atoms with E-state index in [-0.39, 0.29) is 11.8 Å². The van der Waals surface area contributed by atoms with E-state index >= 15 is 0 Å². The molecule has 156 valence electrons. The molecule has 2 aliphatic rings. The zero-order valence-electron chi connectivity index (χ0n) is 17.0. The molecule has 0 aliphatic carbocycles. The van der Waals surface area contributed by atoms with Crippen molar-refractivity contribution in [3.63, 3.8) is 0 Å². The van der Waals surface area contributed by atoms with Crippen LogP contribution in [-0.4, -0.2) is 72.8 Å². The first-order chi connectivity index (χ1) is 14.3. The van der Waals surface area contributed by atoms with E-state index < -0.39 is 0 Å². The topological polar surface area (TPSA) is 62.6 Å². The van der Waals surface area contributed by atoms with Crippen molar-refractivity contribution in [1.82, 2.24) is 19.8 Å². The number of pyridine rings is 1. The van der Waals surface area contributed by atoms with E-state index in [9.17, 15) is 4.79 Å². The van der Waals surface area contributed by atoms with Crippen molar-refractivity contribution in [2.45, 2.75) is 19.3 Å². The standard InChI is InChI=1S/C22H31N5O2/c28-22(23-8-3-9-25-14-16-29-17-15-25)19-6-12-27(13-7-19)21-5-4-20(18-24-21)26-10-1-2-11-26/h1-2,4-5,10-11,18-19H,3,6-9,12-17H2,(H,23,28). The normalized spacial score (nSPS) is 18.7. The highest BCUT2D eigenvalue weighted by atomic mass is 16.5. The molecule has 0 unspecified atom stereocenters. The molecule has 0 saturated carbocycles. The lowest BCUT2D eigenvalue weighted by atomic mass is 9.96. The lowest BCUT2D eigenvalue weighted by Crippen LogP contribution is -2.42. The van der Waals surface area contributed by atoms with E-state index in [1.165, 1.54) is 0 Å². The second-order valence-corrected chi connectivity index (χ2v) is 7.82. The van der Waals surface area contributed by atoms with Crippen LogP contribution in [0.15, 0.2) is 42.9 Å². The fourth-order valence-electron chi connectivity index (χ4n) is 4.08. The molecule has 0 spiro atoms. The third kappa shape index (κ3) is 5.36. The van der Waals surface area contributed by atoms with Gasteiger partial charge in [-0.15, -0.1) is 0 Å². The van der Waals surface area contributed by atoms with Gasteiger partial charge in [0.05, 0.1) is 25.1 Å². The first kappa shape index (κ1) is 19.9. The Kier molecular flexibility index (Phi) is 6.79. The summed E-state index contributed by atoms with van der Waals surface area (Å²) in [5, 5.41) is 3.14. The largest absolute Gasteiger partial charge is 0.379 e. The van der Waals surface area contributed by atoms with Crippen LogP contribution in [0.1, 0.15) is 19.3 Å². The van der Waals surface area contributed by atoms with Crippen molar-refractivity contribution in [2.24, 2.45) is 5.92 Å². The smallest absolute Gasteiger partial charge is 0.223 e. The number of piperidine rings is 1. The number of ether oxygens (including phenoxy) is 1. The summed E-state index contributed by atoms with van der Waals surface area (Å²) in [5.74, 6) is 1.32. The Morgan fingerprint density at radius 2 is 1.86 bits per heavy atom. The lowest BCUT2D eigenvalue weighted by Gasteiger charge is -2.32. The van der Waals surface area contributed by atoms with Crippen molar-refractivity contribution in [3.8, 4) is 5.69 Å². The maximum absolute atomic E-state index is 12.5. The maximum atomic E-state index is 12.5. The van der Waals surface area contributed by atoms with Gasteiger partial charge in [-0.05, 0) is 50.1 Å². The van der Waals surface area contributed by atoms with Gasteiger partial charge < -0.3 is 19.5 Å². The molecule has 2 aliphatic heterocycles. The summed E-state index contributed by atoms with van der Waals surface area (Å²) in [6, 6.07) is 8.18. The number of nitrogens with one attached hydrogen (secondary N) is 1. The van der Waals surface area contributed by atoms with Gasteiger partial charge in [0.15, 0.2) is 0 Å². The van der Waals surface area contributed by atoms with Crippen LogP contribution >= 0.6 is 0 Å². The second kappa shape index (κ2) is 9.89. The van der Waals surface area contributed by atoms with Gasteiger partial charge >= 0.3 is 0 Å². The monoisotopic (exact) mass is 397 g/mol. The third-order valence-electron chi connectivity index (χ3n) is 5.88. The molecular weight excluding hydrogens is 366 g/mol. The van der Waals surface area contributed by atoms with Crippen LogP contribution in [0.25, 0.3) is 5.69 Å². The van der Waals surface area contributed by atoms with Crippen LogP contribution in [0.3, 0.4) is 0 Å². The van der Waals surface area contributed by atoms with E-state index in [4.69, 9.17) is 4.74 Å². The average molecular weight is 398 g/mol. The Morgan fingerprint density at radius 1 is 1.10 bits per heavy atom. The Bertz CT molecular complexity index is 748. The molecule has 2 fully saturated rings. The number of carbonyl (C=O) groups excluding carboxylic acids is 1.